The zero-order valence-corrected chi connectivity index (χ0v) is 25.1. The van der Waals surface area contributed by atoms with E-state index in [0.717, 1.165) is 24.3 Å². The molecule has 1 aliphatic heterocycles. The van der Waals surface area contributed by atoms with Crippen molar-refractivity contribution in [1.29, 1.82) is 0 Å². The van der Waals surface area contributed by atoms with Crippen LogP contribution in [0.2, 0.25) is 0 Å². The average molecular weight is 549 g/mol. The number of hydrogen-bond donors (Lipinski definition) is 2. The molecule has 6 nitrogen and oxygen atoms in total. The van der Waals surface area contributed by atoms with Gasteiger partial charge in [0.25, 0.3) is 0 Å². The quantitative estimate of drug-likeness (QED) is 0.122. The second kappa shape index (κ2) is 20.1. The van der Waals surface area contributed by atoms with E-state index >= 15 is 0 Å². The van der Waals surface area contributed by atoms with Crippen molar-refractivity contribution in [3.05, 3.63) is 29.8 Å². The number of allylic oxidation sites excluding steroid dienone is 2. The molecule has 0 radical (unpaired) electrons. The van der Waals surface area contributed by atoms with Crippen molar-refractivity contribution in [2.24, 2.45) is 0 Å². The van der Waals surface area contributed by atoms with Crippen LogP contribution in [-0.2, 0) is 4.79 Å². The first-order valence-electron chi connectivity index (χ1n) is 14.7. The molecule has 1 fully saturated rings. The summed E-state index contributed by atoms with van der Waals surface area (Å²) in [6.45, 7) is 3.02. The van der Waals surface area contributed by atoms with E-state index in [4.69, 9.17) is 14.2 Å². The van der Waals surface area contributed by atoms with Crippen molar-refractivity contribution in [2.45, 2.75) is 108 Å². The van der Waals surface area contributed by atoms with E-state index in [2.05, 4.69) is 29.7 Å². The van der Waals surface area contributed by atoms with Crippen LogP contribution in [-0.4, -0.2) is 45.6 Å². The summed E-state index contributed by atoms with van der Waals surface area (Å²) < 4.78 is 16.4. The number of rotatable bonds is 21. The van der Waals surface area contributed by atoms with Gasteiger partial charge in [0.2, 0.25) is 11.7 Å². The lowest BCUT2D eigenvalue weighted by molar-refractivity contribution is -0.122. The van der Waals surface area contributed by atoms with Gasteiger partial charge in [-0.25, -0.2) is 0 Å². The fraction of sp³-hybridized carbons (Fsp3) is 0.710. The standard InChI is InChI=1S/C31H52N2O4S/c1-5-6-7-8-9-10-11-12-13-14-15-16-17-18-19-20-21-32-30(34)26-24-38-31(33-26)25-22-27(35-2)29(37-4)28(23-25)36-3/h13-14,22-23,26,31,33H,5-12,15-21,24H2,1-4H3,(H,32,34)/b14-13+/t26-,31?/m0/s1. The monoisotopic (exact) mass is 548 g/mol. The van der Waals surface area contributed by atoms with Gasteiger partial charge in [-0.05, 0) is 49.8 Å². The number of ether oxygens (including phenoxy) is 3. The lowest BCUT2D eigenvalue weighted by Crippen LogP contribution is -2.42. The van der Waals surface area contributed by atoms with Crippen LogP contribution in [0.5, 0.6) is 17.2 Å². The van der Waals surface area contributed by atoms with Crippen LogP contribution >= 0.6 is 11.8 Å². The molecule has 0 aromatic heterocycles. The Morgan fingerprint density at radius 3 is 1.97 bits per heavy atom. The average Bonchev–Trinajstić information content (AvgIpc) is 3.44. The second-order valence-corrected chi connectivity index (χ2v) is 11.3. The van der Waals surface area contributed by atoms with Crippen LogP contribution in [0.1, 0.15) is 108 Å². The Morgan fingerprint density at radius 1 is 0.868 bits per heavy atom. The molecule has 7 heteroatoms. The summed E-state index contributed by atoms with van der Waals surface area (Å²) in [5, 5.41) is 6.56. The molecule has 216 valence electrons. The highest BCUT2D eigenvalue weighted by atomic mass is 32.2. The van der Waals surface area contributed by atoms with Crippen molar-refractivity contribution in [2.75, 3.05) is 33.6 Å². The van der Waals surface area contributed by atoms with Crippen LogP contribution < -0.4 is 24.8 Å². The molecule has 1 heterocycles. The Balaban J connectivity index is 1.51. The normalized spacial score (nSPS) is 17.2. The van der Waals surface area contributed by atoms with Gasteiger partial charge in [0.15, 0.2) is 11.5 Å². The van der Waals surface area contributed by atoms with Gasteiger partial charge in [-0.1, -0.05) is 76.9 Å². The third-order valence-electron chi connectivity index (χ3n) is 7.08. The van der Waals surface area contributed by atoms with Crippen molar-refractivity contribution >= 4 is 17.7 Å². The lowest BCUT2D eigenvalue weighted by atomic mass is 10.1. The Labute approximate surface area is 236 Å². The van der Waals surface area contributed by atoms with Crippen molar-refractivity contribution in [1.82, 2.24) is 10.6 Å². The van der Waals surface area contributed by atoms with Crippen LogP contribution in [0.15, 0.2) is 24.3 Å². The van der Waals surface area contributed by atoms with Gasteiger partial charge >= 0.3 is 0 Å². The predicted molar refractivity (Wildman–Crippen MR) is 161 cm³/mol. The second-order valence-electron chi connectivity index (χ2n) is 10.1. The summed E-state index contributed by atoms with van der Waals surface area (Å²) in [6.07, 6.45) is 22.9. The van der Waals surface area contributed by atoms with E-state index in [0.29, 0.717) is 17.2 Å². The highest BCUT2D eigenvalue weighted by Crippen LogP contribution is 2.43. The van der Waals surface area contributed by atoms with E-state index < -0.39 is 0 Å². The predicted octanol–water partition coefficient (Wildman–Crippen LogP) is 7.57. The van der Waals surface area contributed by atoms with Crippen LogP contribution in [0.4, 0.5) is 0 Å². The van der Waals surface area contributed by atoms with Crippen LogP contribution in [0.3, 0.4) is 0 Å². The number of carbonyl (C=O) groups is 1. The maximum absolute atomic E-state index is 12.7. The highest BCUT2D eigenvalue weighted by molar-refractivity contribution is 7.99. The first kappa shape index (κ1) is 32.4. The van der Waals surface area contributed by atoms with Gasteiger partial charge in [0, 0.05) is 12.3 Å². The van der Waals surface area contributed by atoms with E-state index in [1.54, 1.807) is 33.1 Å². The molecule has 0 bridgehead atoms. The van der Waals surface area contributed by atoms with Gasteiger partial charge in [0.1, 0.15) is 0 Å². The Hall–Kier alpha value is -1.86. The summed E-state index contributed by atoms with van der Waals surface area (Å²) in [6, 6.07) is 3.69. The molecule has 1 unspecified atom stereocenters. The summed E-state index contributed by atoms with van der Waals surface area (Å²) in [4.78, 5) is 12.7. The fourth-order valence-electron chi connectivity index (χ4n) is 4.78. The summed E-state index contributed by atoms with van der Waals surface area (Å²) >= 11 is 1.72. The third-order valence-corrected chi connectivity index (χ3v) is 8.34. The van der Waals surface area contributed by atoms with Crippen LogP contribution in [0, 0.1) is 0 Å². The van der Waals surface area contributed by atoms with Gasteiger partial charge in [-0.3, -0.25) is 10.1 Å². The Kier molecular flexibility index (Phi) is 17.1. The molecule has 0 saturated carbocycles. The number of nitrogens with one attached hydrogen (secondary N) is 2. The number of unbranched alkanes of at least 4 members (excludes halogenated alkanes) is 12. The number of benzene rings is 1. The summed E-state index contributed by atoms with van der Waals surface area (Å²) in [7, 11) is 4.82. The minimum absolute atomic E-state index is 0.00375. The summed E-state index contributed by atoms with van der Waals surface area (Å²) in [5.41, 5.74) is 1.01. The van der Waals surface area contributed by atoms with Gasteiger partial charge in [-0.15, -0.1) is 11.8 Å². The van der Waals surface area contributed by atoms with Gasteiger partial charge < -0.3 is 19.5 Å². The maximum atomic E-state index is 12.7. The van der Waals surface area contributed by atoms with Crippen LogP contribution in [0.25, 0.3) is 0 Å². The van der Waals surface area contributed by atoms with E-state index in [9.17, 15) is 4.79 Å². The molecule has 2 N–H and O–H groups in total. The van der Waals surface area contributed by atoms with Gasteiger partial charge in [0.05, 0.1) is 32.7 Å². The molecule has 1 saturated heterocycles. The first-order chi connectivity index (χ1) is 18.6. The van der Waals surface area contributed by atoms with Crippen molar-refractivity contribution in [3.63, 3.8) is 0 Å². The lowest BCUT2D eigenvalue weighted by Gasteiger charge is -2.18. The first-order valence-corrected chi connectivity index (χ1v) is 15.8. The molecule has 2 rings (SSSR count). The molecular formula is C31H52N2O4S. The number of methoxy groups -OCH3 is 3. The zero-order chi connectivity index (χ0) is 27.4. The summed E-state index contributed by atoms with van der Waals surface area (Å²) in [5.74, 6) is 2.64. The van der Waals surface area contributed by atoms with E-state index in [1.807, 2.05) is 12.1 Å². The minimum Gasteiger partial charge on any atom is -0.493 e. The fourth-order valence-corrected chi connectivity index (χ4v) is 6.00. The molecule has 1 aromatic carbocycles. The SMILES string of the molecule is CCCCCCCCC/C=C/CCCCCCCNC(=O)[C@@H]1CSC(c2cc(OC)c(OC)c(OC)c2)N1. The molecule has 2 atom stereocenters. The largest absolute Gasteiger partial charge is 0.493 e. The minimum atomic E-state index is -0.197. The molecule has 38 heavy (non-hydrogen) atoms. The smallest absolute Gasteiger partial charge is 0.238 e. The number of hydrogen-bond acceptors (Lipinski definition) is 6. The van der Waals surface area contributed by atoms with E-state index in [-0.39, 0.29) is 17.3 Å². The van der Waals surface area contributed by atoms with Gasteiger partial charge in [-0.2, -0.15) is 0 Å². The zero-order valence-electron chi connectivity index (χ0n) is 24.3. The van der Waals surface area contributed by atoms with Crippen molar-refractivity contribution in [3.8, 4) is 17.2 Å². The van der Waals surface area contributed by atoms with Crippen molar-refractivity contribution < 1.29 is 19.0 Å². The van der Waals surface area contributed by atoms with E-state index in [1.165, 1.54) is 83.5 Å². The Morgan fingerprint density at radius 2 is 1.42 bits per heavy atom. The molecule has 1 amide bonds. The highest BCUT2D eigenvalue weighted by Gasteiger charge is 2.31. The molecule has 0 spiro atoms. The third kappa shape index (κ3) is 11.9. The Bertz CT molecular complexity index is 792. The molecule has 1 aliphatic rings. The number of carbonyl (C=O) groups excluding carboxylic acids is 1. The number of amides is 1. The molecule has 0 aliphatic carbocycles. The molecule has 1 aromatic rings. The number of thioether (sulfide) groups is 1. The molecular weight excluding hydrogens is 496 g/mol. The topological polar surface area (TPSA) is 68.8 Å². The maximum Gasteiger partial charge on any atom is 0.238 e.